The Morgan fingerprint density at radius 1 is 0.679 bits per heavy atom. The molecule has 0 fully saturated rings. The van der Waals surface area contributed by atoms with Gasteiger partial charge >= 0.3 is 0 Å². The Morgan fingerprint density at radius 2 is 1.21 bits per heavy atom. The van der Waals surface area contributed by atoms with Crippen LogP contribution in [-0.2, 0) is 9.47 Å². The van der Waals surface area contributed by atoms with Crippen molar-refractivity contribution in [1.82, 2.24) is 0 Å². The predicted molar refractivity (Wildman–Crippen MR) is 126 cm³/mol. The van der Waals surface area contributed by atoms with Crippen LogP contribution < -0.4 is 17.0 Å². The molecule has 0 atom stereocenters. The highest BCUT2D eigenvalue weighted by molar-refractivity contribution is 7.73. The molecule has 170 valence electrons. The van der Waals surface area contributed by atoms with E-state index in [9.17, 15) is 0 Å². The van der Waals surface area contributed by atoms with Gasteiger partial charge in [-0.3, -0.25) is 0 Å². The Balaban J connectivity index is 0. The molecule has 0 aromatic carbocycles. The van der Waals surface area contributed by atoms with Gasteiger partial charge in [-0.1, -0.05) is 58.1 Å². The normalized spacial score (nSPS) is 12.1. The first kappa shape index (κ1) is 30.8. The van der Waals surface area contributed by atoms with Crippen LogP contribution in [0.25, 0.3) is 0 Å². The number of ether oxygens (including phenoxy) is 2. The molecule has 0 aliphatic heterocycles. The smallest absolute Gasteiger partial charge is 0.157 e. The quantitative estimate of drug-likeness (QED) is 0.106. The first-order valence-electron chi connectivity index (χ1n) is 11.7. The van der Waals surface area contributed by atoms with Gasteiger partial charge in [0.2, 0.25) is 0 Å². The van der Waals surface area contributed by atoms with E-state index in [0.717, 1.165) is 32.5 Å². The van der Waals surface area contributed by atoms with Crippen LogP contribution in [-0.4, -0.2) is 45.7 Å². The summed E-state index contributed by atoms with van der Waals surface area (Å²) in [5.41, 5.74) is 0. The molecule has 28 heavy (non-hydrogen) atoms. The van der Waals surface area contributed by atoms with Gasteiger partial charge in [0.25, 0.3) is 0 Å². The first-order chi connectivity index (χ1) is 13.0. The Kier molecular flexibility index (Phi) is 24.5. The molecule has 0 saturated carbocycles. The molecule has 0 aliphatic rings. The minimum atomic E-state index is -0.578. The van der Waals surface area contributed by atoms with Crippen molar-refractivity contribution in [2.75, 3.05) is 39.4 Å². The standard InChI is InChI=1S/C24H50O2P.BrH/c1-6-8-17-21-25-24(26-22-18-9-7-2)20-16-14-12-10-11-13-15-19-23-27(3,4)5;/h11,13,24H,6-10,12,14-23H2,1-5H3;1H/q+1;/p-1/b13-11-;. The molecule has 0 saturated heterocycles. The number of allylic oxidation sites excluding steroid dienone is 2. The number of unbranched alkanes of at least 4 members (excludes halogenated alkanes) is 8. The lowest BCUT2D eigenvalue weighted by atomic mass is 10.1. The Morgan fingerprint density at radius 3 is 1.71 bits per heavy atom. The number of hydrogen-bond donors (Lipinski definition) is 0. The number of rotatable bonds is 20. The zero-order chi connectivity index (χ0) is 20.2. The van der Waals surface area contributed by atoms with Crippen molar-refractivity contribution in [3.63, 3.8) is 0 Å². The highest BCUT2D eigenvalue weighted by Gasteiger charge is 2.14. The molecule has 0 aromatic rings. The van der Waals surface area contributed by atoms with Crippen LogP contribution in [0, 0.1) is 0 Å². The van der Waals surface area contributed by atoms with Gasteiger partial charge in [0.1, 0.15) is 0 Å². The highest BCUT2D eigenvalue weighted by Crippen LogP contribution is 2.47. The molecule has 0 spiro atoms. The van der Waals surface area contributed by atoms with Crippen LogP contribution >= 0.6 is 7.26 Å². The van der Waals surface area contributed by atoms with Gasteiger partial charge < -0.3 is 26.5 Å². The second-order valence-electron chi connectivity index (χ2n) is 8.85. The van der Waals surface area contributed by atoms with E-state index in [-0.39, 0.29) is 23.3 Å². The monoisotopic (exact) mass is 480 g/mol. The van der Waals surface area contributed by atoms with E-state index in [0.29, 0.717) is 0 Å². The zero-order valence-electron chi connectivity index (χ0n) is 19.7. The third kappa shape index (κ3) is 24.6. The maximum atomic E-state index is 5.99. The van der Waals surface area contributed by atoms with Gasteiger partial charge in [-0.2, -0.15) is 0 Å². The zero-order valence-corrected chi connectivity index (χ0v) is 22.2. The lowest BCUT2D eigenvalue weighted by Crippen LogP contribution is -3.00. The molecule has 0 aliphatic carbocycles. The predicted octanol–water partition coefficient (Wildman–Crippen LogP) is 4.92. The summed E-state index contributed by atoms with van der Waals surface area (Å²) in [6.07, 6.45) is 22.3. The second kappa shape index (κ2) is 22.3. The van der Waals surface area contributed by atoms with Crippen LogP contribution in [0.2, 0.25) is 0 Å². The van der Waals surface area contributed by atoms with Crippen molar-refractivity contribution in [3.8, 4) is 0 Å². The molecule has 0 amide bonds. The van der Waals surface area contributed by atoms with E-state index >= 15 is 0 Å². The maximum absolute atomic E-state index is 5.99. The molecule has 0 aromatic heterocycles. The van der Waals surface area contributed by atoms with E-state index in [1.165, 1.54) is 70.4 Å². The molecule has 0 bridgehead atoms. The van der Waals surface area contributed by atoms with E-state index in [2.05, 4.69) is 46.0 Å². The summed E-state index contributed by atoms with van der Waals surface area (Å²) in [4.78, 5) is 0. The summed E-state index contributed by atoms with van der Waals surface area (Å²) in [5, 5.41) is 0. The Labute approximate surface area is 188 Å². The minimum absolute atomic E-state index is 0. The molecule has 0 rings (SSSR count). The largest absolute Gasteiger partial charge is 1.00 e. The first-order valence-corrected chi connectivity index (χ1v) is 15.0. The summed E-state index contributed by atoms with van der Waals surface area (Å²) < 4.78 is 12.0. The van der Waals surface area contributed by atoms with Gasteiger partial charge in [-0.25, -0.2) is 0 Å². The summed E-state index contributed by atoms with van der Waals surface area (Å²) in [7, 11) is -0.578. The lowest BCUT2D eigenvalue weighted by Gasteiger charge is -2.18. The lowest BCUT2D eigenvalue weighted by molar-refractivity contribution is -0.148. The molecular weight excluding hydrogens is 431 g/mol. The molecule has 0 radical (unpaired) electrons. The number of halogens is 1. The van der Waals surface area contributed by atoms with Crippen LogP contribution in [0.3, 0.4) is 0 Å². The van der Waals surface area contributed by atoms with Crippen molar-refractivity contribution in [2.24, 2.45) is 0 Å². The van der Waals surface area contributed by atoms with Crippen LogP contribution in [0.1, 0.15) is 97.3 Å². The Hall–Kier alpha value is 0.570. The van der Waals surface area contributed by atoms with Crippen LogP contribution in [0.5, 0.6) is 0 Å². The van der Waals surface area contributed by atoms with Gasteiger partial charge in [0.05, 0.1) is 6.16 Å². The van der Waals surface area contributed by atoms with Gasteiger partial charge in [-0.15, -0.1) is 0 Å². The number of hydrogen-bond acceptors (Lipinski definition) is 2. The summed E-state index contributed by atoms with van der Waals surface area (Å²) in [5.74, 6) is 0. The highest BCUT2D eigenvalue weighted by atomic mass is 79.9. The summed E-state index contributed by atoms with van der Waals surface area (Å²) in [6.45, 7) is 13.5. The van der Waals surface area contributed by atoms with Gasteiger partial charge in [0, 0.05) is 40.5 Å². The van der Waals surface area contributed by atoms with E-state index in [1.807, 2.05) is 0 Å². The fourth-order valence-corrected chi connectivity index (χ4v) is 4.15. The summed E-state index contributed by atoms with van der Waals surface area (Å²) in [6, 6.07) is 0. The topological polar surface area (TPSA) is 18.5 Å². The van der Waals surface area contributed by atoms with Crippen molar-refractivity contribution in [3.05, 3.63) is 12.2 Å². The molecule has 0 N–H and O–H groups in total. The molecule has 4 heteroatoms. The molecule has 0 heterocycles. The average Bonchev–Trinajstić information content (AvgIpc) is 2.62. The van der Waals surface area contributed by atoms with Crippen molar-refractivity contribution >= 4 is 7.26 Å². The molecular formula is C24H50BrO2P. The van der Waals surface area contributed by atoms with Crippen LogP contribution in [0.15, 0.2) is 12.2 Å². The van der Waals surface area contributed by atoms with E-state index in [1.54, 1.807) is 0 Å². The van der Waals surface area contributed by atoms with Crippen molar-refractivity contribution in [2.45, 2.75) is 104 Å². The summed E-state index contributed by atoms with van der Waals surface area (Å²) >= 11 is 0. The fraction of sp³-hybridized carbons (Fsp3) is 0.917. The van der Waals surface area contributed by atoms with Gasteiger partial charge in [0.15, 0.2) is 6.29 Å². The molecule has 0 unspecified atom stereocenters. The van der Waals surface area contributed by atoms with Gasteiger partial charge in [-0.05, 0) is 51.4 Å². The van der Waals surface area contributed by atoms with Crippen molar-refractivity contribution in [1.29, 1.82) is 0 Å². The van der Waals surface area contributed by atoms with E-state index in [4.69, 9.17) is 9.47 Å². The fourth-order valence-electron chi connectivity index (χ4n) is 3.02. The second-order valence-corrected chi connectivity index (χ2v) is 13.9. The maximum Gasteiger partial charge on any atom is 0.157 e. The average molecular weight is 482 g/mol. The Bertz CT molecular complexity index is 317. The van der Waals surface area contributed by atoms with Crippen molar-refractivity contribution < 1.29 is 26.5 Å². The van der Waals surface area contributed by atoms with E-state index < -0.39 is 7.26 Å². The molecule has 2 nitrogen and oxygen atoms in total. The minimum Gasteiger partial charge on any atom is -1.00 e. The SMILES string of the molecule is CCCCCOC(CCCCC/C=C\CCC[P+](C)(C)C)OCCCCC.[Br-]. The third-order valence-electron chi connectivity index (χ3n) is 4.78. The third-order valence-corrected chi connectivity index (χ3v) is 6.44. The van der Waals surface area contributed by atoms with Crippen LogP contribution in [0.4, 0.5) is 0 Å².